The number of carbonyl (C=O) groups excluding carboxylic acids is 1. The lowest BCUT2D eigenvalue weighted by Crippen LogP contribution is -2.51. The quantitative estimate of drug-likeness (QED) is 0.798. The number of rotatable bonds is 5. The summed E-state index contributed by atoms with van der Waals surface area (Å²) < 4.78 is 29.7. The molecule has 0 spiro atoms. The Morgan fingerprint density at radius 2 is 2.15 bits per heavy atom. The van der Waals surface area contributed by atoms with Gasteiger partial charge in [0, 0.05) is 26.7 Å². The van der Waals surface area contributed by atoms with Crippen LogP contribution in [0.4, 0.5) is 14.6 Å². The zero-order chi connectivity index (χ0) is 14.5. The standard InChI is InChI=1S/C12H16F2N4O2/c1-20-7-6-17-4-5-18(8-11(17)19)10-3-2-9(12(13)14)15-16-10/h2-3,12H,4-8H2,1H3. The van der Waals surface area contributed by atoms with Crippen molar-refractivity contribution in [1.82, 2.24) is 15.1 Å². The van der Waals surface area contributed by atoms with Gasteiger partial charge in [0.25, 0.3) is 6.43 Å². The van der Waals surface area contributed by atoms with Crippen molar-refractivity contribution < 1.29 is 18.3 Å². The second-order valence-electron chi connectivity index (χ2n) is 4.41. The molecule has 0 aromatic carbocycles. The summed E-state index contributed by atoms with van der Waals surface area (Å²) in [7, 11) is 1.58. The Hall–Kier alpha value is -1.83. The summed E-state index contributed by atoms with van der Waals surface area (Å²) in [6.07, 6.45) is -2.64. The molecular weight excluding hydrogens is 270 g/mol. The van der Waals surface area contributed by atoms with Crippen molar-refractivity contribution in [2.45, 2.75) is 6.43 Å². The molecular formula is C12H16F2N4O2. The van der Waals surface area contributed by atoms with Gasteiger partial charge in [-0.05, 0) is 12.1 Å². The van der Waals surface area contributed by atoms with Crippen molar-refractivity contribution in [3.63, 3.8) is 0 Å². The maximum Gasteiger partial charge on any atom is 0.282 e. The van der Waals surface area contributed by atoms with E-state index in [1.54, 1.807) is 16.9 Å². The van der Waals surface area contributed by atoms with E-state index in [1.807, 2.05) is 0 Å². The van der Waals surface area contributed by atoms with Gasteiger partial charge in [0.1, 0.15) is 5.69 Å². The number of aromatic nitrogens is 2. The fraction of sp³-hybridized carbons (Fsp3) is 0.583. The number of piperazine rings is 1. The lowest BCUT2D eigenvalue weighted by molar-refractivity contribution is -0.131. The van der Waals surface area contributed by atoms with Crippen LogP contribution in [0, 0.1) is 0 Å². The Bertz CT molecular complexity index is 455. The number of ether oxygens (including phenoxy) is 1. The monoisotopic (exact) mass is 286 g/mol. The fourth-order valence-electron chi connectivity index (χ4n) is 1.96. The van der Waals surface area contributed by atoms with Crippen LogP contribution in [0.5, 0.6) is 0 Å². The highest BCUT2D eigenvalue weighted by atomic mass is 19.3. The Morgan fingerprint density at radius 3 is 2.70 bits per heavy atom. The van der Waals surface area contributed by atoms with Gasteiger partial charge >= 0.3 is 0 Å². The van der Waals surface area contributed by atoms with Crippen molar-refractivity contribution in [3.05, 3.63) is 17.8 Å². The van der Waals surface area contributed by atoms with Gasteiger partial charge in [-0.3, -0.25) is 4.79 Å². The van der Waals surface area contributed by atoms with E-state index in [9.17, 15) is 13.6 Å². The highest BCUT2D eigenvalue weighted by molar-refractivity contribution is 5.82. The molecule has 0 unspecified atom stereocenters. The highest BCUT2D eigenvalue weighted by Gasteiger charge is 2.24. The minimum atomic E-state index is -2.64. The average molecular weight is 286 g/mol. The van der Waals surface area contributed by atoms with Crippen LogP contribution >= 0.6 is 0 Å². The molecule has 1 aliphatic heterocycles. The van der Waals surface area contributed by atoms with Crippen LogP contribution < -0.4 is 4.90 Å². The van der Waals surface area contributed by atoms with E-state index >= 15 is 0 Å². The van der Waals surface area contributed by atoms with Gasteiger partial charge in [-0.1, -0.05) is 0 Å². The van der Waals surface area contributed by atoms with E-state index in [0.717, 1.165) is 0 Å². The zero-order valence-corrected chi connectivity index (χ0v) is 11.1. The first-order chi connectivity index (χ1) is 9.61. The number of alkyl halides is 2. The SMILES string of the molecule is COCCN1CCN(c2ccc(C(F)F)nn2)CC1=O. The van der Waals surface area contributed by atoms with Gasteiger partial charge in [0.15, 0.2) is 5.82 Å². The van der Waals surface area contributed by atoms with Crippen LogP contribution in [-0.2, 0) is 9.53 Å². The number of nitrogens with zero attached hydrogens (tertiary/aromatic N) is 4. The topological polar surface area (TPSA) is 58.6 Å². The molecule has 1 aromatic heterocycles. The molecule has 110 valence electrons. The van der Waals surface area contributed by atoms with Crippen LogP contribution in [0.15, 0.2) is 12.1 Å². The average Bonchev–Trinajstić information content (AvgIpc) is 2.46. The maximum absolute atomic E-state index is 12.4. The van der Waals surface area contributed by atoms with Crippen molar-refractivity contribution in [1.29, 1.82) is 0 Å². The maximum atomic E-state index is 12.4. The molecule has 1 saturated heterocycles. The molecule has 2 rings (SSSR count). The highest BCUT2D eigenvalue weighted by Crippen LogP contribution is 2.18. The van der Waals surface area contributed by atoms with Gasteiger partial charge in [-0.25, -0.2) is 8.78 Å². The number of methoxy groups -OCH3 is 1. The number of anilines is 1. The van der Waals surface area contributed by atoms with Gasteiger partial charge in [-0.15, -0.1) is 10.2 Å². The number of carbonyl (C=O) groups is 1. The summed E-state index contributed by atoms with van der Waals surface area (Å²) in [4.78, 5) is 15.4. The van der Waals surface area contributed by atoms with Crippen LogP contribution in [0.25, 0.3) is 0 Å². The first kappa shape index (κ1) is 14.6. The smallest absolute Gasteiger partial charge is 0.282 e. The summed E-state index contributed by atoms with van der Waals surface area (Å²) in [5.74, 6) is 0.405. The molecule has 0 aliphatic carbocycles. The van der Waals surface area contributed by atoms with E-state index in [2.05, 4.69) is 10.2 Å². The third-order valence-corrected chi connectivity index (χ3v) is 3.10. The third kappa shape index (κ3) is 3.38. The molecule has 6 nitrogen and oxygen atoms in total. The Labute approximate surface area is 115 Å². The second kappa shape index (κ2) is 6.56. The molecule has 0 N–H and O–H groups in total. The lowest BCUT2D eigenvalue weighted by Gasteiger charge is -2.34. The zero-order valence-electron chi connectivity index (χ0n) is 11.1. The van der Waals surface area contributed by atoms with Crippen LogP contribution in [0.3, 0.4) is 0 Å². The number of hydrogen-bond acceptors (Lipinski definition) is 5. The van der Waals surface area contributed by atoms with E-state index in [4.69, 9.17) is 4.74 Å². The summed E-state index contributed by atoms with van der Waals surface area (Å²) in [6.45, 7) is 2.37. The third-order valence-electron chi connectivity index (χ3n) is 3.10. The molecule has 0 atom stereocenters. The Morgan fingerprint density at radius 1 is 1.35 bits per heavy atom. The Kier molecular flexibility index (Phi) is 4.78. The second-order valence-corrected chi connectivity index (χ2v) is 4.41. The van der Waals surface area contributed by atoms with Crippen LogP contribution in [-0.4, -0.2) is 60.9 Å². The van der Waals surface area contributed by atoms with Crippen LogP contribution in [0.1, 0.15) is 12.1 Å². The molecule has 0 saturated carbocycles. The lowest BCUT2D eigenvalue weighted by atomic mass is 10.3. The van der Waals surface area contributed by atoms with Gasteiger partial charge in [-0.2, -0.15) is 0 Å². The van der Waals surface area contributed by atoms with Gasteiger partial charge in [0.05, 0.1) is 13.2 Å². The normalized spacial score (nSPS) is 16.1. The first-order valence-electron chi connectivity index (χ1n) is 6.25. The van der Waals surface area contributed by atoms with Crippen molar-refractivity contribution in [3.8, 4) is 0 Å². The van der Waals surface area contributed by atoms with Gasteiger partial charge in [0.2, 0.25) is 5.91 Å². The molecule has 8 heteroatoms. The van der Waals surface area contributed by atoms with E-state index < -0.39 is 6.43 Å². The number of halogens is 2. The molecule has 1 fully saturated rings. The van der Waals surface area contributed by atoms with E-state index in [1.165, 1.54) is 12.1 Å². The summed E-state index contributed by atoms with van der Waals surface area (Å²) in [5.41, 5.74) is -0.362. The van der Waals surface area contributed by atoms with E-state index in [-0.39, 0.29) is 18.1 Å². The molecule has 1 aliphatic rings. The minimum absolute atomic E-state index is 0.0342. The van der Waals surface area contributed by atoms with Crippen molar-refractivity contribution in [2.75, 3.05) is 44.8 Å². The van der Waals surface area contributed by atoms with Gasteiger partial charge < -0.3 is 14.5 Å². The minimum Gasteiger partial charge on any atom is -0.383 e. The summed E-state index contributed by atoms with van der Waals surface area (Å²) in [5, 5.41) is 7.21. The molecule has 0 radical (unpaired) electrons. The molecule has 20 heavy (non-hydrogen) atoms. The van der Waals surface area contributed by atoms with Crippen molar-refractivity contribution in [2.24, 2.45) is 0 Å². The molecule has 1 amide bonds. The van der Waals surface area contributed by atoms with Crippen LogP contribution in [0.2, 0.25) is 0 Å². The number of hydrogen-bond donors (Lipinski definition) is 0. The summed E-state index contributed by atoms with van der Waals surface area (Å²) in [6, 6.07) is 2.70. The summed E-state index contributed by atoms with van der Waals surface area (Å²) >= 11 is 0. The largest absolute Gasteiger partial charge is 0.383 e. The first-order valence-corrected chi connectivity index (χ1v) is 6.25. The predicted molar refractivity (Wildman–Crippen MR) is 67.7 cm³/mol. The van der Waals surface area contributed by atoms with Crippen molar-refractivity contribution >= 4 is 11.7 Å². The molecule has 2 heterocycles. The predicted octanol–water partition coefficient (Wildman–Crippen LogP) is 0.709. The molecule has 0 bridgehead atoms. The Balaban J connectivity index is 1.96. The molecule has 1 aromatic rings. The number of amides is 1. The van der Waals surface area contributed by atoms with E-state index in [0.29, 0.717) is 32.1 Å². The fourth-order valence-corrected chi connectivity index (χ4v) is 1.96.